The molecule has 2 aromatic carbocycles. The Morgan fingerprint density at radius 3 is 2.54 bits per heavy atom. The lowest BCUT2D eigenvalue weighted by Crippen LogP contribution is -2.18. The van der Waals surface area contributed by atoms with Gasteiger partial charge in [-0.25, -0.2) is 0 Å². The largest absolute Gasteiger partial charge is 0.508 e. The molecular formula is C24H28O2. The Morgan fingerprint density at radius 1 is 1.12 bits per heavy atom. The van der Waals surface area contributed by atoms with Crippen LogP contribution in [-0.4, -0.2) is 10.2 Å². The number of aromatic hydroxyl groups is 2. The SMILES string of the molecule is C=C(C)[C@@H]1CCC(C)=C[C@H]1c1c(O)cc(O)cc1CCc1ccccc1. The van der Waals surface area contributed by atoms with Crippen LogP contribution in [0, 0.1) is 5.92 Å². The Bertz CT molecular complexity index is 818. The molecule has 2 atom stereocenters. The molecule has 0 aromatic heterocycles. The van der Waals surface area contributed by atoms with E-state index in [1.54, 1.807) is 0 Å². The quantitative estimate of drug-likeness (QED) is 0.661. The second-order valence-corrected chi connectivity index (χ2v) is 7.55. The number of allylic oxidation sites excluding steroid dienone is 3. The number of benzene rings is 2. The predicted molar refractivity (Wildman–Crippen MR) is 108 cm³/mol. The van der Waals surface area contributed by atoms with Crippen LogP contribution in [0.2, 0.25) is 0 Å². The van der Waals surface area contributed by atoms with Crippen molar-refractivity contribution in [3.05, 3.63) is 83.0 Å². The number of rotatable bonds is 5. The Morgan fingerprint density at radius 2 is 1.85 bits per heavy atom. The second-order valence-electron chi connectivity index (χ2n) is 7.55. The van der Waals surface area contributed by atoms with Crippen LogP contribution in [0.1, 0.15) is 49.3 Å². The highest BCUT2D eigenvalue weighted by Crippen LogP contribution is 2.45. The minimum absolute atomic E-state index is 0.118. The summed E-state index contributed by atoms with van der Waals surface area (Å²) in [6.07, 6.45) is 6.07. The van der Waals surface area contributed by atoms with E-state index in [0.717, 1.165) is 42.4 Å². The fourth-order valence-corrected chi connectivity index (χ4v) is 4.10. The Hall–Kier alpha value is -2.48. The highest BCUT2D eigenvalue weighted by Gasteiger charge is 2.29. The average Bonchev–Trinajstić information content (AvgIpc) is 2.60. The van der Waals surface area contributed by atoms with Crippen LogP contribution in [0.4, 0.5) is 0 Å². The van der Waals surface area contributed by atoms with Crippen molar-refractivity contribution < 1.29 is 10.2 Å². The third-order valence-corrected chi connectivity index (χ3v) is 5.47. The van der Waals surface area contributed by atoms with E-state index >= 15 is 0 Å². The first kappa shape index (κ1) is 18.3. The van der Waals surface area contributed by atoms with Gasteiger partial charge in [0, 0.05) is 17.5 Å². The zero-order chi connectivity index (χ0) is 18.7. The molecule has 0 bridgehead atoms. The second kappa shape index (κ2) is 7.82. The van der Waals surface area contributed by atoms with Crippen molar-refractivity contribution in [2.75, 3.05) is 0 Å². The molecule has 0 amide bonds. The zero-order valence-corrected chi connectivity index (χ0v) is 15.7. The molecule has 1 aliphatic rings. The van der Waals surface area contributed by atoms with Crippen molar-refractivity contribution in [1.82, 2.24) is 0 Å². The van der Waals surface area contributed by atoms with Gasteiger partial charge in [0.15, 0.2) is 0 Å². The monoisotopic (exact) mass is 348 g/mol. The maximum absolute atomic E-state index is 10.7. The van der Waals surface area contributed by atoms with Crippen molar-refractivity contribution in [2.45, 2.75) is 45.4 Å². The molecule has 0 saturated carbocycles. The Kier molecular flexibility index (Phi) is 5.51. The van der Waals surface area contributed by atoms with E-state index in [2.05, 4.69) is 38.6 Å². The first-order valence-electron chi connectivity index (χ1n) is 9.37. The van der Waals surface area contributed by atoms with Gasteiger partial charge in [-0.3, -0.25) is 0 Å². The summed E-state index contributed by atoms with van der Waals surface area (Å²) in [5.41, 5.74) is 5.74. The Balaban J connectivity index is 1.99. The van der Waals surface area contributed by atoms with Crippen molar-refractivity contribution in [1.29, 1.82) is 0 Å². The van der Waals surface area contributed by atoms with E-state index in [1.165, 1.54) is 17.2 Å². The molecule has 26 heavy (non-hydrogen) atoms. The number of phenols is 2. The standard InChI is InChI=1S/C24H28O2/c1-16(2)21-12-9-17(3)13-22(21)24-19(14-20(25)15-23(24)26)11-10-18-7-5-4-6-8-18/h4-8,13-15,21-22,25-26H,1,9-12H2,2-3H3/t21-,22+/m0/s1. The molecule has 0 unspecified atom stereocenters. The van der Waals surface area contributed by atoms with Gasteiger partial charge in [0.1, 0.15) is 11.5 Å². The normalized spacial score (nSPS) is 19.8. The van der Waals surface area contributed by atoms with E-state index in [0.29, 0.717) is 5.92 Å². The van der Waals surface area contributed by atoms with Crippen molar-refractivity contribution in [2.24, 2.45) is 5.92 Å². The smallest absolute Gasteiger partial charge is 0.123 e. The summed E-state index contributed by atoms with van der Waals surface area (Å²) >= 11 is 0. The van der Waals surface area contributed by atoms with E-state index in [1.807, 2.05) is 24.3 Å². The fourth-order valence-electron chi connectivity index (χ4n) is 4.10. The lowest BCUT2D eigenvalue weighted by Gasteiger charge is -2.32. The maximum Gasteiger partial charge on any atom is 0.123 e. The molecule has 0 spiro atoms. The molecule has 2 heteroatoms. The third-order valence-electron chi connectivity index (χ3n) is 5.47. The first-order chi connectivity index (χ1) is 12.5. The molecule has 3 rings (SSSR count). The van der Waals surface area contributed by atoms with Crippen LogP contribution in [0.15, 0.2) is 66.3 Å². The van der Waals surface area contributed by atoms with Crippen LogP contribution >= 0.6 is 0 Å². The predicted octanol–water partition coefficient (Wildman–Crippen LogP) is 5.90. The van der Waals surface area contributed by atoms with Gasteiger partial charge in [-0.1, -0.05) is 54.1 Å². The van der Waals surface area contributed by atoms with Gasteiger partial charge in [-0.2, -0.15) is 0 Å². The topological polar surface area (TPSA) is 40.5 Å². The highest BCUT2D eigenvalue weighted by atomic mass is 16.3. The van der Waals surface area contributed by atoms with Crippen LogP contribution in [0.5, 0.6) is 11.5 Å². The number of phenolic OH excluding ortho intramolecular Hbond substituents is 2. The fraction of sp³-hybridized carbons (Fsp3) is 0.333. The molecule has 2 aromatic rings. The lowest BCUT2D eigenvalue weighted by molar-refractivity contribution is 0.423. The molecule has 1 aliphatic carbocycles. The van der Waals surface area contributed by atoms with Gasteiger partial charge in [-0.15, -0.1) is 0 Å². The van der Waals surface area contributed by atoms with Crippen molar-refractivity contribution in [3.8, 4) is 11.5 Å². The molecule has 2 nitrogen and oxygen atoms in total. The summed E-state index contributed by atoms with van der Waals surface area (Å²) in [4.78, 5) is 0. The average molecular weight is 348 g/mol. The summed E-state index contributed by atoms with van der Waals surface area (Å²) in [6.45, 7) is 8.42. The minimum atomic E-state index is 0.118. The van der Waals surface area contributed by atoms with Gasteiger partial charge in [0.2, 0.25) is 0 Å². The summed E-state index contributed by atoms with van der Waals surface area (Å²) in [5.74, 6) is 0.755. The molecule has 0 heterocycles. The van der Waals surface area contributed by atoms with Gasteiger partial charge in [-0.05, 0) is 62.6 Å². The summed E-state index contributed by atoms with van der Waals surface area (Å²) in [7, 11) is 0. The number of aryl methyl sites for hydroxylation is 2. The third kappa shape index (κ3) is 4.01. The summed E-state index contributed by atoms with van der Waals surface area (Å²) < 4.78 is 0. The molecule has 0 radical (unpaired) electrons. The van der Waals surface area contributed by atoms with Crippen LogP contribution in [0.25, 0.3) is 0 Å². The molecule has 0 aliphatic heterocycles. The highest BCUT2D eigenvalue weighted by molar-refractivity contribution is 5.50. The first-order valence-corrected chi connectivity index (χ1v) is 9.37. The molecule has 2 N–H and O–H groups in total. The van der Waals surface area contributed by atoms with Crippen LogP contribution < -0.4 is 0 Å². The van der Waals surface area contributed by atoms with Gasteiger partial charge in [0.05, 0.1) is 0 Å². The van der Waals surface area contributed by atoms with Gasteiger partial charge < -0.3 is 10.2 Å². The molecule has 136 valence electrons. The van der Waals surface area contributed by atoms with Crippen LogP contribution in [0.3, 0.4) is 0 Å². The van der Waals surface area contributed by atoms with Gasteiger partial charge >= 0.3 is 0 Å². The zero-order valence-electron chi connectivity index (χ0n) is 15.7. The van der Waals surface area contributed by atoms with E-state index < -0.39 is 0 Å². The lowest BCUT2D eigenvalue weighted by atomic mass is 9.72. The van der Waals surface area contributed by atoms with Crippen LogP contribution in [-0.2, 0) is 12.8 Å². The summed E-state index contributed by atoms with van der Waals surface area (Å²) in [6, 6.07) is 13.6. The summed E-state index contributed by atoms with van der Waals surface area (Å²) in [5, 5.41) is 20.7. The molecule has 0 fully saturated rings. The number of hydrogen-bond donors (Lipinski definition) is 2. The van der Waals surface area contributed by atoms with Crippen molar-refractivity contribution in [3.63, 3.8) is 0 Å². The van der Waals surface area contributed by atoms with E-state index in [-0.39, 0.29) is 17.4 Å². The van der Waals surface area contributed by atoms with Crippen molar-refractivity contribution >= 4 is 0 Å². The molecular weight excluding hydrogens is 320 g/mol. The Labute approximate surface area is 156 Å². The maximum atomic E-state index is 10.7. The number of hydrogen-bond acceptors (Lipinski definition) is 2. The van der Waals surface area contributed by atoms with Gasteiger partial charge in [0.25, 0.3) is 0 Å². The van der Waals surface area contributed by atoms with E-state index in [4.69, 9.17) is 0 Å². The molecule has 0 saturated heterocycles. The minimum Gasteiger partial charge on any atom is -0.508 e. The van der Waals surface area contributed by atoms with E-state index in [9.17, 15) is 10.2 Å².